The molecule has 0 aliphatic carbocycles. The fraction of sp³-hybridized carbons (Fsp3) is 0.200. The fourth-order valence-corrected chi connectivity index (χ4v) is 4.30. The maximum atomic E-state index is 12.7. The van der Waals surface area contributed by atoms with Crippen molar-refractivity contribution in [2.45, 2.75) is 20.4 Å². The number of esters is 1. The molecule has 0 atom stereocenters. The average Bonchev–Trinajstić information content (AvgIpc) is 3.13. The molecule has 4 rings (SSSR count). The summed E-state index contributed by atoms with van der Waals surface area (Å²) in [5, 5.41) is 0. The highest BCUT2D eigenvalue weighted by Crippen LogP contribution is 2.30. The third-order valence-corrected chi connectivity index (χ3v) is 5.75. The Bertz CT molecular complexity index is 1420. The monoisotopic (exact) mass is 463 g/mol. The fourth-order valence-electron chi connectivity index (χ4n) is 3.75. The molecule has 7 nitrogen and oxygen atoms in total. The lowest BCUT2D eigenvalue weighted by Crippen LogP contribution is -2.10. The molecule has 0 aliphatic rings. The molecular formula is C25H25N3O4S. The van der Waals surface area contributed by atoms with Crippen molar-refractivity contribution in [3.8, 4) is 11.4 Å². The molecule has 0 saturated carbocycles. The Kier molecular flexibility index (Phi) is 6.20. The van der Waals surface area contributed by atoms with Crippen LogP contribution in [0.25, 0.3) is 22.4 Å². The summed E-state index contributed by atoms with van der Waals surface area (Å²) < 4.78 is 33.2. The number of carbonyl (C=O) groups excluding carboxylic acids is 1. The first kappa shape index (κ1) is 22.5. The number of carbonyl (C=O) groups is 1. The summed E-state index contributed by atoms with van der Waals surface area (Å²) in [6.45, 7) is 4.55. The van der Waals surface area contributed by atoms with Crippen LogP contribution in [-0.4, -0.2) is 36.8 Å². The zero-order valence-corrected chi connectivity index (χ0v) is 19.5. The van der Waals surface area contributed by atoms with Crippen LogP contribution in [0.3, 0.4) is 0 Å². The first-order valence-electron chi connectivity index (χ1n) is 10.6. The van der Waals surface area contributed by atoms with E-state index in [1.165, 1.54) is 0 Å². The van der Waals surface area contributed by atoms with Gasteiger partial charge < -0.3 is 9.30 Å². The van der Waals surface area contributed by atoms with E-state index in [2.05, 4.69) is 4.72 Å². The Hall–Kier alpha value is -3.65. The first-order valence-corrected chi connectivity index (χ1v) is 12.4. The Labute approximate surface area is 193 Å². The van der Waals surface area contributed by atoms with Crippen molar-refractivity contribution in [2.75, 3.05) is 17.6 Å². The van der Waals surface area contributed by atoms with Gasteiger partial charge >= 0.3 is 5.97 Å². The van der Waals surface area contributed by atoms with Gasteiger partial charge in [-0.15, -0.1) is 0 Å². The van der Waals surface area contributed by atoms with E-state index in [-0.39, 0.29) is 6.61 Å². The molecule has 1 N–H and O–H groups in total. The Balaban J connectivity index is 1.92. The maximum absolute atomic E-state index is 12.7. The molecule has 1 aromatic heterocycles. The van der Waals surface area contributed by atoms with Gasteiger partial charge in [0.2, 0.25) is 10.0 Å². The number of rotatable bonds is 7. The van der Waals surface area contributed by atoms with E-state index in [1.54, 1.807) is 37.3 Å². The van der Waals surface area contributed by atoms with Crippen LogP contribution in [0.1, 0.15) is 28.4 Å². The number of aryl methyl sites for hydroxylation is 1. The number of hydrogen-bond donors (Lipinski definition) is 1. The van der Waals surface area contributed by atoms with Crippen LogP contribution in [0, 0.1) is 6.92 Å². The van der Waals surface area contributed by atoms with Crippen LogP contribution in [0.15, 0.2) is 66.7 Å². The van der Waals surface area contributed by atoms with Gasteiger partial charge in [-0.1, -0.05) is 48.0 Å². The summed E-state index contributed by atoms with van der Waals surface area (Å²) >= 11 is 0. The zero-order chi connectivity index (χ0) is 23.6. The number of fused-ring (bicyclic) bond motifs is 1. The van der Waals surface area contributed by atoms with Gasteiger partial charge in [0.1, 0.15) is 5.82 Å². The summed E-state index contributed by atoms with van der Waals surface area (Å²) in [4.78, 5) is 17.5. The minimum absolute atomic E-state index is 0.271. The largest absolute Gasteiger partial charge is 0.462 e. The predicted molar refractivity (Wildman–Crippen MR) is 130 cm³/mol. The van der Waals surface area contributed by atoms with Crippen molar-refractivity contribution in [2.24, 2.45) is 0 Å². The number of hydrogen-bond acceptors (Lipinski definition) is 5. The topological polar surface area (TPSA) is 90.3 Å². The molecule has 3 aromatic carbocycles. The molecular weight excluding hydrogens is 438 g/mol. The van der Waals surface area contributed by atoms with Gasteiger partial charge in [-0.2, -0.15) is 0 Å². The number of nitrogens with zero attached hydrogens (tertiary/aromatic N) is 2. The minimum atomic E-state index is -3.43. The maximum Gasteiger partial charge on any atom is 0.340 e. The van der Waals surface area contributed by atoms with Gasteiger partial charge in [0.15, 0.2) is 0 Å². The minimum Gasteiger partial charge on any atom is -0.462 e. The van der Waals surface area contributed by atoms with Crippen molar-refractivity contribution in [1.82, 2.24) is 9.55 Å². The van der Waals surface area contributed by atoms with Crippen molar-refractivity contribution in [1.29, 1.82) is 0 Å². The van der Waals surface area contributed by atoms with Gasteiger partial charge in [-0.05, 0) is 43.7 Å². The summed E-state index contributed by atoms with van der Waals surface area (Å²) in [5.41, 5.74) is 5.13. The van der Waals surface area contributed by atoms with Gasteiger partial charge in [-0.3, -0.25) is 4.72 Å². The molecule has 1 heterocycles. The lowest BCUT2D eigenvalue weighted by Gasteiger charge is -2.13. The van der Waals surface area contributed by atoms with E-state index in [4.69, 9.17) is 9.72 Å². The third-order valence-electron chi connectivity index (χ3n) is 5.15. The van der Waals surface area contributed by atoms with Gasteiger partial charge in [0, 0.05) is 17.8 Å². The van der Waals surface area contributed by atoms with E-state index in [0.717, 1.165) is 22.9 Å². The molecule has 0 aliphatic heterocycles. The van der Waals surface area contributed by atoms with Crippen LogP contribution in [0.5, 0.6) is 0 Å². The number of aromatic nitrogens is 2. The summed E-state index contributed by atoms with van der Waals surface area (Å²) in [6, 6.07) is 20.6. The van der Waals surface area contributed by atoms with Gasteiger partial charge in [-0.25, -0.2) is 18.2 Å². The van der Waals surface area contributed by atoms with Crippen LogP contribution in [-0.2, 0) is 21.3 Å². The van der Waals surface area contributed by atoms with Crippen LogP contribution >= 0.6 is 0 Å². The number of ether oxygens (including phenoxy) is 1. The van der Waals surface area contributed by atoms with Crippen LogP contribution in [0.2, 0.25) is 0 Å². The SMILES string of the molecule is CCOC(=O)c1cccc2nc(-c3cccc(NS(C)(=O)=O)c3)n(Cc3ccc(C)cc3)c12. The quantitative estimate of drug-likeness (QED) is 0.404. The molecule has 8 heteroatoms. The number of nitrogens with one attached hydrogen (secondary N) is 1. The number of anilines is 1. The lowest BCUT2D eigenvalue weighted by atomic mass is 10.1. The van der Waals surface area contributed by atoms with Crippen molar-refractivity contribution >= 4 is 32.7 Å². The number of benzene rings is 3. The number of imidazole rings is 1. The highest BCUT2D eigenvalue weighted by Gasteiger charge is 2.20. The van der Waals surface area contributed by atoms with Crippen molar-refractivity contribution < 1.29 is 17.9 Å². The first-order chi connectivity index (χ1) is 15.7. The summed E-state index contributed by atoms with van der Waals surface area (Å²) in [6.07, 6.45) is 1.11. The van der Waals surface area contributed by atoms with Gasteiger partial charge in [0.05, 0.1) is 29.5 Å². The van der Waals surface area contributed by atoms with E-state index in [1.807, 2.05) is 47.9 Å². The molecule has 170 valence electrons. The molecule has 0 fully saturated rings. The number of para-hydroxylation sites is 1. The Morgan fingerprint density at radius 2 is 1.79 bits per heavy atom. The van der Waals surface area contributed by atoms with E-state index in [9.17, 15) is 13.2 Å². The molecule has 0 saturated heterocycles. The second kappa shape index (κ2) is 9.07. The molecule has 0 spiro atoms. The highest BCUT2D eigenvalue weighted by molar-refractivity contribution is 7.92. The van der Waals surface area contributed by atoms with E-state index < -0.39 is 16.0 Å². The third kappa shape index (κ3) is 5.06. The molecule has 0 radical (unpaired) electrons. The van der Waals surface area contributed by atoms with E-state index in [0.29, 0.717) is 34.7 Å². The second-order valence-corrected chi connectivity index (χ2v) is 9.60. The van der Waals surface area contributed by atoms with Crippen LogP contribution in [0.4, 0.5) is 5.69 Å². The lowest BCUT2D eigenvalue weighted by molar-refractivity contribution is 0.0528. The average molecular weight is 464 g/mol. The Morgan fingerprint density at radius 1 is 1.06 bits per heavy atom. The second-order valence-electron chi connectivity index (χ2n) is 7.86. The van der Waals surface area contributed by atoms with E-state index >= 15 is 0 Å². The van der Waals surface area contributed by atoms with Crippen LogP contribution < -0.4 is 4.72 Å². The summed E-state index contributed by atoms with van der Waals surface area (Å²) in [7, 11) is -3.43. The highest BCUT2D eigenvalue weighted by atomic mass is 32.2. The normalized spacial score (nSPS) is 11.5. The van der Waals surface area contributed by atoms with Gasteiger partial charge in [0.25, 0.3) is 0 Å². The molecule has 0 unspecified atom stereocenters. The number of sulfonamides is 1. The molecule has 33 heavy (non-hydrogen) atoms. The molecule has 0 bridgehead atoms. The molecule has 4 aromatic rings. The summed E-state index contributed by atoms with van der Waals surface area (Å²) in [5.74, 6) is 0.215. The standard InChI is InChI=1S/C25H25N3O4S/c1-4-32-25(29)21-9-6-10-22-23(21)28(16-18-13-11-17(2)12-14-18)24(26-22)19-7-5-8-20(15-19)27-33(3,30)31/h5-15,27H,4,16H2,1-3H3. The molecule has 0 amide bonds. The Morgan fingerprint density at radius 3 is 2.48 bits per heavy atom. The smallest absolute Gasteiger partial charge is 0.340 e. The zero-order valence-electron chi connectivity index (χ0n) is 18.7. The van der Waals surface area contributed by atoms with Crippen molar-refractivity contribution in [3.05, 3.63) is 83.4 Å². The van der Waals surface area contributed by atoms with Crippen molar-refractivity contribution in [3.63, 3.8) is 0 Å². The predicted octanol–water partition coefficient (Wildman–Crippen LogP) is 4.61.